The normalized spacial score (nSPS) is 10.6. The lowest BCUT2D eigenvalue weighted by Crippen LogP contribution is -2.31. The average molecular weight is 320 g/mol. The molecule has 0 aliphatic carbocycles. The molecule has 0 radical (unpaired) electrons. The van der Waals surface area contributed by atoms with Gasteiger partial charge in [0.15, 0.2) is 11.5 Å². The molecule has 1 amide bonds. The van der Waals surface area contributed by atoms with Crippen molar-refractivity contribution in [3.63, 3.8) is 0 Å². The van der Waals surface area contributed by atoms with E-state index in [1.807, 2.05) is 37.4 Å². The lowest BCUT2D eigenvalue weighted by Gasteiger charge is -2.08. The molecule has 1 heterocycles. The lowest BCUT2D eigenvalue weighted by molar-refractivity contribution is -0.120. The van der Waals surface area contributed by atoms with Crippen LogP contribution >= 0.6 is 11.3 Å². The molecular formula is C16H20N2O3S. The van der Waals surface area contributed by atoms with Gasteiger partial charge in [-0.25, -0.2) is 4.98 Å². The molecule has 0 spiro atoms. The number of benzene rings is 1. The molecule has 1 N–H and O–H groups in total. The number of carbonyl (C=O) groups is 1. The molecule has 118 valence electrons. The van der Waals surface area contributed by atoms with Gasteiger partial charge in [0.2, 0.25) is 5.91 Å². The van der Waals surface area contributed by atoms with Crippen molar-refractivity contribution in [3.8, 4) is 22.1 Å². The molecule has 0 fully saturated rings. The van der Waals surface area contributed by atoms with E-state index in [1.165, 1.54) is 11.3 Å². The van der Waals surface area contributed by atoms with E-state index in [9.17, 15) is 4.79 Å². The molecule has 0 atom stereocenters. The Kier molecular flexibility index (Phi) is 5.38. The van der Waals surface area contributed by atoms with Gasteiger partial charge in [0.05, 0.1) is 26.3 Å². The summed E-state index contributed by atoms with van der Waals surface area (Å²) in [4.78, 5) is 16.3. The quantitative estimate of drug-likeness (QED) is 0.889. The van der Waals surface area contributed by atoms with Crippen molar-refractivity contribution in [1.82, 2.24) is 10.3 Å². The van der Waals surface area contributed by atoms with Crippen LogP contribution in [0.5, 0.6) is 11.5 Å². The minimum absolute atomic E-state index is 0.0147. The monoisotopic (exact) mass is 320 g/mol. The van der Waals surface area contributed by atoms with Crippen LogP contribution in [0, 0.1) is 0 Å². The summed E-state index contributed by atoms with van der Waals surface area (Å²) >= 11 is 1.51. The fraction of sp³-hybridized carbons (Fsp3) is 0.375. The summed E-state index contributed by atoms with van der Waals surface area (Å²) < 4.78 is 10.5. The minimum atomic E-state index is -0.0147. The van der Waals surface area contributed by atoms with Crippen LogP contribution in [0.25, 0.3) is 10.6 Å². The number of hydrogen-bond acceptors (Lipinski definition) is 5. The lowest BCUT2D eigenvalue weighted by atomic mass is 10.2. The first-order valence-corrected chi connectivity index (χ1v) is 7.87. The molecular weight excluding hydrogens is 300 g/mol. The number of nitrogens with one attached hydrogen (secondary N) is 1. The zero-order valence-corrected chi connectivity index (χ0v) is 14.0. The predicted molar refractivity (Wildman–Crippen MR) is 87.6 cm³/mol. The van der Waals surface area contributed by atoms with Crippen LogP contribution in [0.1, 0.15) is 19.5 Å². The smallest absolute Gasteiger partial charge is 0.226 e. The fourth-order valence-electron chi connectivity index (χ4n) is 2.03. The SMILES string of the molecule is COc1ccc(-c2nc(CC(=O)NC(C)C)cs2)cc1OC. The number of amides is 1. The van der Waals surface area contributed by atoms with Gasteiger partial charge in [-0.05, 0) is 32.0 Å². The van der Waals surface area contributed by atoms with Crippen molar-refractivity contribution in [1.29, 1.82) is 0 Å². The van der Waals surface area contributed by atoms with Crippen molar-refractivity contribution in [2.75, 3.05) is 14.2 Å². The number of nitrogens with zero attached hydrogens (tertiary/aromatic N) is 1. The van der Waals surface area contributed by atoms with E-state index in [-0.39, 0.29) is 11.9 Å². The summed E-state index contributed by atoms with van der Waals surface area (Å²) in [5, 5.41) is 5.63. The molecule has 0 aliphatic rings. The highest BCUT2D eigenvalue weighted by molar-refractivity contribution is 7.13. The molecule has 1 aromatic heterocycles. The summed E-state index contributed by atoms with van der Waals surface area (Å²) in [6.07, 6.45) is 0.294. The largest absolute Gasteiger partial charge is 0.493 e. The Morgan fingerprint density at radius 2 is 2.00 bits per heavy atom. The maximum atomic E-state index is 11.8. The van der Waals surface area contributed by atoms with E-state index in [1.54, 1.807) is 14.2 Å². The molecule has 0 saturated heterocycles. The highest BCUT2D eigenvalue weighted by Gasteiger charge is 2.12. The van der Waals surface area contributed by atoms with Gasteiger partial charge < -0.3 is 14.8 Å². The Labute approximate surface area is 134 Å². The van der Waals surface area contributed by atoms with Gasteiger partial charge in [-0.15, -0.1) is 11.3 Å². The standard InChI is InChI=1S/C16H20N2O3S/c1-10(2)17-15(19)8-12-9-22-16(18-12)11-5-6-13(20-3)14(7-11)21-4/h5-7,9-10H,8H2,1-4H3,(H,17,19). The van der Waals surface area contributed by atoms with Gasteiger partial charge in [-0.1, -0.05) is 0 Å². The summed E-state index contributed by atoms with van der Waals surface area (Å²) in [5.74, 6) is 1.33. The van der Waals surface area contributed by atoms with Crippen LogP contribution in [-0.2, 0) is 11.2 Å². The van der Waals surface area contributed by atoms with E-state index in [2.05, 4.69) is 10.3 Å². The zero-order chi connectivity index (χ0) is 16.1. The molecule has 2 rings (SSSR count). The van der Waals surface area contributed by atoms with E-state index in [4.69, 9.17) is 9.47 Å². The third-order valence-electron chi connectivity index (χ3n) is 2.97. The van der Waals surface area contributed by atoms with E-state index >= 15 is 0 Å². The van der Waals surface area contributed by atoms with Crippen LogP contribution in [0.4, 0.5) is 0 Å². The summed E-state index contributed by atoms with van der Waals surface area (Å²) in [7, 11) is 3.21. The van der Waals surface area contributed by atoms with Crippen molar-refractivity contribution in [2.24, 2.45) is 0 Å². The second kappa shape index (κ2) is 7.26. The highest BCUT2D eigenvalue weighted by atomic mass is 32.1. The molecule has 0 unspecified atom stereocenters. The van der Waals surface area contributed by atoms with Crippen molar-refractivity contribution >= 4 is 17.2 Å². The summed E-state index contributed by atoms with van der Waals surface area (Å²) in [6, 6.07) is 5.80. The molecule has 1 aromatic carbocycles. The number of hydrogen-bond donors (Lipinski definition) is 1. The van der Waals surface area contributed by atoms with Crippen LogP contribution in [0.3, 0.4) is 0 Å². The van der Waals surface area contributed by atoms with Gasteiger partial charge in [0.1, 0.15) is 5.01 Å². The minimum Gasteiger partial charge on any atom is -0.493 e. The molecule has 5 nitrogen and oxygen atoms in total. The molecule has 22 heavy (non-hydrogen) atoms. The topological polar surface area (TPSA) is 60.5 Å². The number of thiazole rings is 1. The highest BCUT2D eigenvalue weighted by Crippen LogP contribution is 2.33. The van der Waals surface area contributed by atoms with E-state index < -0.39 is 0 Å². The Bertz CT molecular complexity index is 653. The Hall–Kier alpha value is -2.08. The van der Waals surface area contributed by atoms with Crippen LogP contribution in [-0.4, -0.2) is 31.2 Å². The fourth-order valence-corrected chi connectivity index (χ4v) is 2.84. The summed E-state index contributed by atoms with van der Waals surface area (Å²) in [5.41, 5.74) is 1.71. The van der Waals surface area contributed by atoms with Gasteiger partial charge in [0, 0.05) is 17.0 Å². The van der Waals surface area contributed by atoms with E-state index in [0.29, 0.717) is 17.9 Å². The third-order valence-corrected chi connectivity index (χ3v) is 3.91. The van der Waals surface area contributed by atoms with Crippen LogP contribution in [0.2, 0.25) is 0 Å². The third kappa shape index (κ3) is 3.98. The van der Waals surface area contributed by atoms with Crippen molar-refractivity contribution < 1.29 is 14.3 Å². The first kappa shape index (κ1) is 16.3. The van der Waals surface area contributed by atoms with Crippen LogP contribution < -0.4 is 14.8 Å². The summed E-state index contributed by atoms with van der Waals surface area (Å²) in [6.45, 7) is 3.88. The first-order chi connectivity index (χ1) is 10.5. The zero-order valence-electron chi connectivity index (χ0n) is 13.2. The Morgan fingerprint density at radius 3 is 2.64 bits per heavy atom. The maximum absolute atomic E-state index is 11.8. The number of methoxy groups -OCH3 is 2. The van der Waals surface area contributed by atoms with Gasteiger partial charge >= 0.3 is 0 Å². The van der Waals surface area contributed by atoms with Crippen LogP contribution in [0.15, 0.2) is 23.6 Å². The molecule has 0 saturated carbocycles. The molecule has 6 heteroatoms. The Morgan fingerprint density at radius 1 is 1.27 bits per heavy atom. The second-order valence-corrected chi connectivity index (χ2v) is 5.97. The van der Waals surface area contributed by atoms with E-state index in [0.717, 1.165) is 16.3 Å². The van der Waals surface area contributed by atoms with Gasteiger partial charge in [-0.3, -0.25) is 4.79 Å². The molecule has 0 bridgehead atoms. The number of aromatic nitrogens is 1. The Balaban J connectivity index is 2.16. The second-order valence-electron chi connectivity index (χ2n) is 5.11. The predicted octanol–water partition coefficient (Wildman–Crippen LogP) is 2.89. The first-order valence-electron chi connectivity index (χ1n) is 6.99. The van der Waals surface area contributed by atoms with Gasteiger partial charge in [0.25, 0.3) is 0 Å². The number of ether oxygens (including phenoxy) is 2. The molecule has 2 aromatic rings. The van der Waals surface area contributed by atoms with Gasteiger partial charge in [-0.2, -0.15) is 0 Å². The molecule has 0 aliphatic heterocycles. The number of rotatable bonds is 6. The number of carbonyl (C=O) groups excluding carboxylic acids is 1. The van der Waals surface area contributed by atoms with Crippen molar-refractivity contribution in [3.05, 3.63) is 29.3 Å². The average Bonchev–Trinajstić information content (AvgIpc) is 2.93. The van der Waals surface area contributed by atoms with Crippen molar-refractivity contribution in [2.45, 2.75) is 26.3 Å². The maximum Gasteiger partial charge on any atom is 0.226 e.